The maximum absolute atomic E-state index is 2.87. The van der Waals surface area contributed by atoms with Crippen LogP contribution in [0.4, 0.5) is 0 Å². The van der Waals surface area contributed by atoms with E-state index in [2.05, 4.69) is 50.0 Å². The van der Waals surface area contributed by atoms with E-state index < -0.39 is 0 Å². The van der Waals surface area contributed by atoms with Gasteiger partial charge in [-0.3, -0.25) is 0 Å². The molecule has 0 aliphatic carbocycles. The summed E-state index contributed by atoms with van der Waals surface area (Å²) in [6, 6.07) is 0. The van der Waals surface area contributed by atoms with Gasteiger partial charge in [-0.1, -0.05) is 289 Å². The van der Waals surface area contributed by atoms with Crippen LogP contribution < -0.4 is 0 Å². The summed E-state index contributed by atoms with van der Waals surface area (Å²) in [7, 11) is 0. The zero-order valence-corrected chi connectivity index (χ0v) is 42.5. The third-order valence-electron chi connectivity index (χ3n) is 13.6. The summed E-state index contributed by atoms with van der Waals surface area (Å²) < 4.78 is 0. The summed E-state index contributed by atoms with van der Waals surface area (Å²) in [6.45, 7) is 11.0. The van der Waals surface area contributed by atoms with Crippen LogP contribution >= 0.6 is 0 Å². The molecule has 0 atom stereocenters. The first-order chi connectivity index (χ1) is 29.8. The van der Waals surface area contributed by atoms with Gasteiger partial charge in [0.25, 0.3) is 0 Å². The lowest BCUT2D eigenvalue weighted by Crippen LogP contribution is -2.27. The van der Waals surface area contributed by atoms with Crippen molar-refractivity contribution in [3.05, 3.63) is 24.3 Å². The molecule has 0 N–H and O–H groups in total. The molecule has 0 spiro atoms. The molecule has 0 saturated carbocycles. The predicted octanol–water partition coefficient (Wildman–Crippen LogP) is 21.6. The lowest BCUT2D eigenvalue weighted by molar-refractivity contribution is 0.254. The average molecular weight is 841 g/mol. The van der Waals surface area contributed by atoms with E-state index in [0.29, 0.717) is 0 Å². The lowest BCUT2D eigenvalue weighted by atomic mass is 10.0. The summed E-state index contributed by atoms with van der Waals surface area (Å²) in [5.74, 6) is 0. The smallest absolute Gasteiger partial charge is 0.00187 e. The second-order valence-corrected chi connectivity index (χ2v) is 19.8. The van der Waals surface area contributed by atoms with Crippen molar-refractivity contribution in [2.75, 3.05) is 19.6 Å². The van der Waals surface area contributed by atoms with Crippen LogP contribution in [-0.2, 0) is 0 Å². The molecule has 358 valence electrons. The minimum absolute atomic E-state index is 1.31. The molecule has 0 saturated heterocycles. The molecule has 0 unspecified atom stereocenters. The fourth-order valence-electron chi connectivity index (χ4n) is 9.27. The second-order valence-electron chi connectivity index (χ2n) is 19.8. The van der Waals surface area contributed by atoms with Crippen LogP contribution in [0.3, 0.4) is 0 Å². The van der Waals surface area contributed by atoms with Crippen LogP contribution in [0.25, 0.3) is 0 Å². The molecule has 0 fully saturated rings. The van der Waals surface area contributed by atoms with Gasteiger partial charge in [-0.25, -0.2) is 0 Å². The van der Waals surface area contributed by atoms with Gasteiger partial charge in [-0.05, 0) is 90.3 Å². The molecular formula is C59H117N. The van der Waals surface area contributed by atoms with Crippen molar-refractivity contribution in [2.24, 2.45) is 0 Å². The first-order valence-electron chi connectivity index (χ1n) is 28.9. The molecule has 0 aromatic carbocycles. The maximum Gasteiger partial charge on any atom is -0.00187 e. The van der Waals surface area contributed by atoms with Crippen molar-refractivity contribution >= 4 is 0 Å². The standard InChI is InChI=1S/C59H117N/c1-4-7-10-13-16-19-22-25-28-31-32-33-34-35-38-41-44-47-50-53-56-59-60(57-54-51-48-45-42-39-36-29-26-23-20-17-14-11-8-5-2)58-55-52-49-46-43-40-37-30-27-24-21-18-15-12-9-6-3/h26-27,29-30H,4-25,28,31-59H2,1-3H3/b29-26-,30-27-. The summed E-state index contributed by atoms with van der Waals surface area (Å²) in [5.41, 5.74) is 0. The molecule has 0 rings (SSSR count). The topological polar surface area (TPSA) is 3.24 Å². The molecular weight excluding hydrogens is 723 g/mol. The molecule has 0 aliphatic heterocycles. The number of allylic oxidation sites excluding steroid dienone is 4. The first-order valence-corrected chi connectivity index (χ1v) is 28.9. The van der Waals surface area contributed by atoms with Crippen LogP contribution in [0.2, 0.25) is 0 Å². The van der Waals surface area contributed by atoms with E-state index in [4.69, 9.17) is 0 Å². The van der Waals surface area contributed by atoms with E-state index in [1.807, 2.05) is 0 Å². The third kappa shape index (κ3) is 53.6. The fourth-order valence-corrected chi connectivity index (χ4v) is 9.27. The number of rotatable bonds is 54. The van der Waals surface area contributed by atoms with E-state index in [9.17, 15) is 0 Å². The molecule has 60 heavy (non-hydrogen) atoms. The Hall–Kier alpha value is -0.560. The molecule has 1 heteroatoms. The Morgan fingerprint density at radius 2 is 0.333 bits per heavy atom. The third-order valence-corrected chi connectivity index (χ3v) is 13.6. The molecule has 0 bridgehead atoms. The van der Waals surface area contributed by atoms with Gasteiger partial charge in [-0.2, -0.15) is 0 Å². The van der Waals surface area contributed by atoms with Crippen LogP contribution in [0, 0.1) is 0 Å². The van der Waals surface area contributed by atoms with E-state index in [-0.39, 0.29) is 0 Å². The number of unbranched alkanes of at least 4 members (excludes halogenated alkanes) is 44. The quantitative estimate of drug-likeness (QED) is 0.0436. The highest BCUT2D eigenvalue weighted by atomic mass is 15.1. The monoisotopic (exact) mass is 840 g/mol. The highest BCUT2D eigenvalue weighted by molar-refractivity contribution is 4.82. The minimum atomic E-state index is 1.31. The Morgan fingerprint density at radius 3 is 0.517 bits per heavy atom. The van der Waals surface area contributed by atoms with Crippen LogP contribution in [0.1, 0.15) is 335 Å². The Labute approximate surface area is 382 Å². The molecule has 0 aromatic heterocycles. The normalized spacial score (nSPS) is 12.1. The molecule has 0 aromatic rings. The highest BCUT2D eigenvalue weighted by Gasteiger charge is 2.06. The Kier molecular flexibility index (Phi) is 55.9. The molecule has 0 radical (unpaired) electrons. The van der Waals surface area contributed by atoms with Crippen molar-refractivity contribution in [2.45, 2.75) is 335 Å². The first kappa shape index (κ1) is 59.4. The number of hydrogen-bond acceptors (Lipinski definition) is 1. The SMILES string of the molecule is CCCCCCCC/C=C\CCCCCCCCN(CCCCCCCC/C=C\CCCCCCCC)CCCCCCCCCCCCCCCCCCCCCCC. The van der Waals surface area contributed by atoms with Gasteiger partial charge < -0.3 is 4.90 Å². The van der Waals surface area contributed by atoms with Crippen LogP contribution in [-0.4, -0.2) is 24.5 Å². The molecule has 0 aliphatic rings. The van der Waals surface area contributed by atoms with Crippen molar-refractivity contribution < 1.29 is 0 Å². The zero-order valence-electron chi connectivity index (χ0n) is 42.5. The second kappa shape index (κ2) is 56.5. The molecule has 0 heterocycles. The van der Waals surface area contributed by atoms with E-state index >= 15 is 0 Å². The highest BCUT2D eigenvalue weighted by Crippen LogP contribution is 2.17. The number of hydrogen-bond donors (Lipinski definition) is 0. The van der Waals surface area contributed by atoms with Crippen molar-refractivity contribution in [3.8, 4) is 0 Å². The molecule has 0 amide bonds. The average Bonchev–Trinajstić information content (AvgIpc) is 3.26. The van der Waals surface area contributed by atoms with Gasteiger partial charge in [0.05, 0.1) is 0 Å². The summed E-state index contributed by atoms with van der Waals surface area (Å²) in [5, 5.41) is 0. The Morgan fingerprint density at radius 1 is 0.183 bits per heavy atom. The lowest BCUT2D eigenvalue weighted by Gasteiger charge is -2.22. The van der Waals surface area contributed by atoms with Gasteiger partial charge in [0, 0.05) is 0 Å². The zero-order chi connectivity index (χ0) is 43.2. The van der Waals surface area contributed by atoms with Gasteiger partial charge in [0.1, 0.15) is 0 Å². The number of nitrogens with zero attached hydrogens (tertiary/aromatic N) is 1. The van der Waals surface area contributed by atoms with Crippen molar-refractivity contribution in [3.63, 3.8) is 0 Å². The summed E-state index contributed by atoms with van der Waals surface area (Å²) >= 11 is 0. The fraction of sp³-hybridized carbons (Fsp3) is 0.932. The summed E-state index contributed by atoms with van der Waals surface area (Å²) in [4.78, 5) is 2.87. The van der Waals surface area contributed by atoms with Gasteiger partial charge in [0.2, 0.25) is 0 Å². The van der Waals surface area contributed by atoms with E-state index in [0.717, 1.165) is 0 Å². The maximum atomic E-state index is 2.87. The van der Waals surface area contributed by atoms with Gasteiger partial charge >= 0.3 is 0 Å². The van der Waals surface area contributed by atoms with E-state index in [1.54, 1.807) is 0 Å². The van der Waals surface area contributed by atoms with Gasteiger partial charge in [0.15, 0.2) is 0 Å². The predicted molar refractivity (Wildman–Crippen MR) is 278 cm³/mol. The summed E-state index contributed by atoms with van der Waals surface area (Å²) in [6.07, 6.45) is 80.1. The van der Waals surface area contributed by atoms with Crippen molar-refractivity contribution in [1.29, 1.82) is 0 Å². The van der Waals surface area contributed by atoms with E-state index in [1.165, 1.54) is 334 Å². The minimum Gasteiger partial charge on any atom is -0.303 e. The van der Waals surface area contributed by atoms with Gasteiger partial charge in [-0.15, -0.1) is 0 Å². The largest absolute Gasteiger partial charge is 0.303 e. The molecule has 1 nitrogen and oxygen atoms in total. The van der Waals surface area contributed by atoms with Crippen molar-refractivity contribution in [1.82, 2.24) is 4.90 Å². The van der Waals surface area contributed by atoms with Crippen LogP contribution in [0.5, 0.6) is 0 Å². The Bertz CT molecular complexity index is 740. The van der Waals surface area contributed by atoms with Crippen LogP contribution in [0.15, 0.2) is 24.3 Å². The Balaban J connectivity index is 3.99.